The van der Waals surface area contributed by atoms with Gasteiger partial charge in [-0.3, -0.25) is 14.2 Å². The highest BCUT2D eigenvalue weighted by Crippen LogP contribution is 2.23. The van der Waals surface area contributed by atoms with E-state index < -0.39 is 0 Å². The van der Waals surface area contributed by atoms with Gasteiger partial charge in [0.15, 0.2) is 0 Å². The molecule has 1 aliphatic carbocycles. The van der Waals surface area contributed by atoms with Crippen molar-refractivity contribution in [3.8, 4) is 0 Å². The van der Waals surface area contributed by atoms with Gasteiger partial charge >= 0.3 is 0 Å². The van der Waals surface area contributed by atoms with Gasteiger partial charge in [0.05, 0.1) is 0 Å². The minimum atomic E-state index is -0.0361. The fraction of sp³-hybridized carbons (Fsp3) is 0.619. The Bertz CT molecular complexity index is 911. The summed E-state index contributed by atoms with van der Waals surface area (Å²) >= 11 is 0. The molecular weight excluding hydrogens is 354 g/mol. The first-order valence-electron chi connectivity index (χ1n) is 10.2. The SMILES string of the molecule is Cc1cc(=O)n(C(C)C)c2nc(N[C@H]3CC[C@H](NC(=O)C(C)C)CC3)ncc12. The Morgan fingerprint density at radius 1 is 1.14 bits per heavy atom. The number of pyridine rings is 1. The predicted octanol–water partition coefficient (Wildman–Crippen LogP) is 3.18. The van der Waals surface area contributed by atoms with Crippen LogP contribution in [0.4, 0.5) is 5.95 Å². The Labute approximate surface area is 166 Å². The molecule has 0 saturated heterocycles. The summed E-state index contributed by atoms with van der Waals surface area (Å²) in [4.78, 5) is 33.4. The molecule has 0 aromatic carbocycles. The highest BCUT2D eigenvalue weighted by molar-refractivity contribution is 5.79. The zero-order valence-electron chi connectivity index (χ0n) is 17.5. The summed E-state index contributed by atoms with van der Waals surface area (Å²) in [7, 11) is 0. The Kier molecular flexibility index (Phi) is 6.01. The van der Waals surface area contributed by atoms with Crippen molar-refractivity contribution in [1.29, 1.82) is 0 Å². The van der Waals surface area contributed by atoms with Crippen molar-refractivity contribution >= 4 is 22.9 Å². The van der Waals surface area contributed by atoms with E-state index in [-0.39, 0.29) is 35.5 Å². The largest absolute Gasteiger partial charge is 0.353 e. The Balaban J connectivity index is 1.73. The third-order valence-electron chi connectivity index (χ3n) is 5.45. The number of rotatable bonds is 5. The van der Waals surface area contributed by atoms with Gasteiger partial charge in [-0.2, -0.15) is 4.98 Å². The minimum absolute atomic E-state index is 0.0175. The molecule has 1 fully saturated rings. The lowest BCUT2D eigenvalue weighted by atomic mass is 9.91. The van der Waals surface area contributed by atoms with Gasteiger partial charge in [0.2, 0.25) is 11.9 Å². The van der Waals surface area contributed by atoms with Crippen LogP contribution in [0, 0.1) is 12.8 Å². The number of aromatic nitrogens is 3. The van der Waals surface area contributed by atoms with Gasteiger partial charge in [0.25, 0.3) is 5.56 Å². The molecule has 7 heteroatoms. The molecule has 152 valence electrons. The Hall–Kier alpha value is -2.44. The second-order valence-electron chi connectivity index (χ2n) is 8.42. The van der Waals surface area contributed by atoms with E-state index in [1.54, 1.807) is 16.8 Å². The average Bonchev–Trinajstić information content (AvgIpc) is 2.62. The van der Waals surface area contributed by atoms with Crippen LogP contribution in [-0.4, -0.2) is 32.5 Å². The van der Waals surface area contributed by atoms with Crippen LogP contribution < -0.4 is 16.2 Å². The number of aryl methyl sites for hydroxylation is 1. The molecule has 2 N–H and O–H groups in total. The van der Waals surface area contributed by atoms with Gasteiger partial charge in [-0.15, -0.1) is 0 Å². The molecule has 1 saturated carbocycles. The highest BCUT2D eigenvalue weighted by atomic mass is 16.2. The number of carbonyl (C=O) groups is 1. The maximum atomic E-state index is 12.4. The van der Waals surface area contributed by atoms with Crippen LogP contribution in [0.3, 0.4) is 0 Å². The number of fused-ring (bicyclic) bond motifs is 1. The lowest BCUT2D eigenvalue weighted by molar-refractivity contribution is -0.124. The third kappa shape index (κ3) is 4.34. The molecule has 1 amide bonds. The van der Waals surface area contributed by atoms with Crippen LogP contribution in [0.15, 0.2) is 17.1 Å². The minimum Gasteiger partial charge on any atom is -0.353 e. The first-order valence-corrected chi connectivity index (χ1v) is 10.2. The van der Waals surface area contributed by atoms with Gasteiger partial charge < -0.3 is 10.6 Å². The summed E-state index contributed by atoms with van der Waals surface area (Å²) in [6, 6.07) is 2.19. The fourth-order valence-corrected chi connectivity index (χ4v) is 3.77. The van der Waals surface area contributed by atoms with Gasteiger partial charge in [0.1, 0.15) is 5.65 Å². The smallest absolute Gasteiger partial charge is 0.252 e. The van der Waals surface area contributed by atoms with E-state index in [0.29, 0.717) is 11.6 Å². The first kappa shape index (κ1) is 20.3. The summed E-state index contributed by atoms with van der Waals surface area (Å²) < 4.78 is 1.72. The summed E-state index contributed by atoms with van der Waals surface area (Å²) in [5.41, 5.74) is 1.53. The van der Waals surface area contributed by atoms with Crippen molar-refractivity contribution in [3.05, 3.63) is 28.2 Å². The molecule has 0 radical (unpaired) electrons. The van der Waals surface area contributed by atoms with E-state index in [0.717, 1.165) is 36.6 Å². The number of nitrogens with one attached hydrogen (secondary N) is 2. The van der Waals surface area contributed by atoms with E-state index in [4.69, 9.17) is 0 Å². The number of nitrogens with zero attached hydrogens (tertiary/aromatic N) is 3. The molecule has 0 spiro atoms. The third-order valence-corrected chi connectivity index (χ3v) is 5.45. The van der Waals surface area contributed by atoms with Crippen LogP contribution in [0.25, 0.3) is 11.0 Å². The molecule has 2 aromatic rings. The van der Waals surface area contributed by atoms with E-state index in [1.807, 2.05) is 34.6 Å². The number of hydrogen-bond acceptors (Lipinski definition) is 5. The van der Waals surface area contributed by atoms with Gasteiger partial charge in [-0.1, -0.05) is 13.8 Å². The number of carbonyl (C=O) groups excluding carboxylic acids is 1. The maximum Gasteiger partial charge on any atom is 0.252 e. The highest BCUT2D eigenvalue weighted by Gasteiger charge is 2.24. The summed E-state index contributed by atoms with van der Waals surface area (Å²) in [6.07, 6.45) is 5.59. The molecule has 0 unspecified atom stereocenters. The molecular formula is C21H31N5O2. The van der Waals surface area contributed by atoms with E-state index in [2.05, 4.69) is 20.6 Å². The standard InChI is InChI=1S/C21H31N5O2/c1-12(2)20(28)23-15-6-8-16(9-7-15)24-21-22-11-17-14(5)10-18(27)26(13(3)4)19(17)25-21/h10-13,15-16H,6-9H2,1-5H3,(H,23,28)(H,22,24,25)/t15-,16-. The lowest BCUT2D eigenvalue weighted by Gasteiger charge is -2.30. The Morgan fingerprint density at radius 3 is 2.39 bits per heavy atom. The molecule has 0 bridgehead atoms. The monoisotopic (exact) mass is 385 g/mol. The zero-order chi connectivity index (χ0) is 20.4. The van der Waals surface area contributed by atoms with Crippen LogP contribution in [0.2, 0.25) is 0 Å². The van der Waals surface area contributed by atoms with Crippen LogP contribution in [0.5, 0.6) is 0 Å². The Morgan fingerprint density at radius 2 is 1.79 bits per heavy atom. The lowest BCUT2D eigenvalue weighted by Crippen LogP contribution is -2.41. The van der Waals surface area contributed by atoms with Crippen molar-refractivity contribution in [1.82, 2.24) is 19.9 Å². The fourth-order valence-electron chi connectivity index (χ4n) is 3.77. The van der Waals surface area contributed by atoms with Crippen molar-refractivity contribution in [2.24, 2.45) is 5.92 Å². The summed E-state index contributed by atoms with van der Waals surface area (Å²) in [5, 5.41) is 7.45. The van der Waals surface area contributed by atoms with Crippen LogP contribution in [-0.2, 0) is 4.79 Å². The average molecular weight is 386 g/mol. The number of hydrogen-bond donors (Lipinski definition) is 2. The molecule has 28 heavy (non-hydrogen) atoms. The van der Waals surface area contributed by atoms with E-state index >= 15 is 0 Å². The van der Waals surface area contributed by atoms with Crippen molar-refractivity contribution in [2.75, 3.05) is 5.32 Å². The second kappa shape index (κ2) is 8.29. The predicted molar refractivity (Wildman–Crippen MR) is 112 cm³/mol. The van der Waals surface area contributed by atoms with Gasteiger partial charge in [0, 0.05) is 41.7 Å². The number of anilines is 1. The maximum absolute atomic E-state index is 12.4. The van der Waals surface area contributed by atoms with Crippen LogP contribution >= 0.6 is 0 Å². The van der Waals surface area contributed by atoms with Crippen molar-refractivity contribution in [3.63, 3.8) is 0 Å². The van der Waals surface area contributed by atoms with Crippen LogP contribution in [0.1, 0.15) is 65.0 Å². The van der Waals surface area contributed by atoms with Gasteiger partial charge in [-0.05, 0) is 52.0 Å². The number of amides is 1. The first-order chi connectivity index (χ1) is 13.3. The summed E-state index contributed by atoms with van der Waals surface area (Å²) in [6.45, 7) is 9.71. The zero-order valence-corrected chi connectivity index (χ0v) is 17.5. The van der Waals surface area contributed by atoms with E-state index in [9.17, 15) is 9.59 Å². The van der Waals surface area contributed by atoms with Gasteiger partial charge in [-0.25, -0.2) is 4.98 Å². The molecule has 3 rings (SSSR count). The molecule has 1 aliphatic rings. The normalized spacial score (nSPS) is 20.0. The topological polar surface area (TPSA) is 88.9 Å². The van der Waals surface area contributed by atoms with Crippen molar-refractivity contribution in [2.45, 2.75) is 78.4 Å². The molecule has 2 heterocycles. The van der Waals surface area contributed by atoms with E-state index in [1.165, 1.54) is 0 Å². The second-order valence-corrected chi connectivity index (χ2v) is 8.42. The summed E-state index contributed by atoms with van der Waals surface area (Å²) in [5.74, 6) is 0.696. The van der Waals surface area contributed by atoms with Crippen molar-refractivity contribution < 1.29 is 4.79 Å². The quantitative estimate of drug-likeness (QED) is 0.825. The molecule has 0 atom stereocenters. The molecule has 0 aliphatic heterocycles. The molecule has 2 aromatic heterocycles. The molecule has 7 nitrogen and oxygen atoms in total.